The van der Waals surface area contributed by atoms with Gasteiger partial charge >= 0.3 is 6.09 Å². The van der Waals surface area contributed by atoms with Crippen molar-refractivity contribution in [3.05, 3.63) is 0 Å². The van der Waals surface area contributed by atoms with Gasteiger partial charge in [0.1, 0.15) is 0 Å². The molecule has 1 aliphatic heterocycles. The normalized spacial score (nSPS) is 15.9. The van der Waals surface area contributed by atoms with Gasteiger partial charge in [0.15, 0.2) is 5.96 Å². The quantitative estimate of drug-likeness (QED) is 0.230. The van der Waals surface area contributed by atoms with Crippen molar-refractivity contribution in [1.29, 1.82) is 0 Å². The Morgan fingerprint density at radius 2 is 1.96 bits per heavy atom. The van der Waals surface area contributed by atoms with Gasteiger partial charge < -0.3 is 25.8 Å². The van der Waals surface area contributed by atoms with E-state index < -0.39 is 0 Å². The highest BCUT2D eigenvalue weighted by atomic mass is 127. The number of carbonyl (C=O) groups excluding carboxylic acids is 1. The summed E-state index contributed by atoms with van der Waals surface area (Å²) < 4.78 is 4.99. The minimum absolute atomic E-state index is 0. The van der Waals surface area contributed by atoms with Crippen LogP contribution >= 0.6 is 24.0 Å². The molecule has 0 unspecified atom stereocenters. The van der Waals surface area contributed by atoms with Crippen LogP contribution < -0.4 is 11.1 Å². The molecule has 8 heteroatoms. The Balaban J connectivity index is 0.00000484. The van der Waals surface area contributed by atoms with Crippen molar-refractivity contribution in [2.75, 3.05) is 32.8 Å². The Morgan fingerprint density at radius 3 is 2.57 bits per heavy atom. The third-order valence-corrected chi connectivity index (χ3v) is 3.72. The molecular formula is C15H31IN4O3. The largest absolute Gasteiger partial charge is 0.450 e. The predicted molar refractivity (Wildman–Crippen MR) is 102 cm³/mol. The lowest BCUT2D eigenvalue weighted by Crippen LogP contribution is -2.48. The first-order valence-electron chi connectivity index (χ1n) is 8.26. The number of aliphatic imine (C=N–C) groups is 1. The van der Waals surface area contributed by atoms with Crippen molar-refractivity contribution < 1.29 is 14.6 Å². The van der Waals surface area contributed by atoms with E-state index in [1.54, 1.807) is 4.90 Å². The lowest BCUT2D eigenvalue weighted by Gasteiger charge is -2.31. The third-order valence-electron chi connectivity index (χ3n) is 3.72. The number of likely N-dealkylation sites (tertiary alicyclic amines) is 1. The van der Waals surface area contributed by atoms with Crippen LogP contribution in [0.3, 0.4) is 0 Å². The maximum absolute atomic E-state index is 11.6. The summed E-state index contributed by atoms with van der Waals surface area (Å²) in [4.78, 5) is 17.6. The molecule has 0 radical (unpaired) electrons. The predicted octanol–water partition coefficient (Wildman–Crippen LogP) is 1.68. The first-order valence-corrected chi connectivity index (χ1v) is 8.26. The minimum Gasteiger partial charge on any atom is -0.450 e. The zero-order valence-electron chi connectivity index (χ0n) is 14.0. The second-order valence-electron chi connectivity index (χ2n) is 5.51. The third kappa shape index (κ3) is 9.85. The highest BCUT2D eigenvalue weighted by molar-refractivity contribution is 14.0. The lowest BCUT2D eigenvalue weighted by atomic mass is 10.1. The first-order chi connectivity index (χ1) is 10.7. The first kappa shape index (κ1) is 22.2. The minimum atomic E-state index is -0.231. The lowest BCUT2D eigenvalue weighted by molar-refractivity contribution is 0.0963. The number of guanidine groups is 1. The highest BCUT2D eigenvalue weighted by Crippen LogP contribution is 2.11. The molecule has 0 aliphatic carbocycles. The van der Waals surface area contributed by atoms with E-state index in [1.165, 1.54) is 0 Å². The van der Waals surface area contributed by atoms with Gasteiger partial charge in [0.05, 0.1) is 6.61 Å². The summed E-state index contributed by atoms with van der Waals surface area (Å²) in [5, 5.41) is 11.9. The molecule has 0 bridgehead atoms. The second kappa shape index (κ2) is 13.6. The van der Waals surface area contributed by atoms with Crippen LogP contribution in [0, 0.1) is 0 Å². The fourth-order valence-corrected chi connectivity index (χ4v) is 2.45. The molecule has 0 saturated carbocycles. The fourth-order valence-electron chi connectivity index (χ4n) is 2.45. The number of hydrogen-bond donors (Lipinski definition) is 3. The number of aliphatic hydroxyl groups is 1. The number of halogens is 1. The molecule has 1 amide bonds. The monoisotopic (exact) mass is 442 g/mol. The smallest absolute Gasteiger partial charge is 0.409 e. The molecule has 0 aromatic carbocycles. The van der Waals surface area contributed by atoms with Crippen molar-refractivity contribution in [2.45, 2.75) is 51.5 Å². The molecule has 136 valence electrons. The Hall–Kier alpha value is -0.770. The van der Waals surface area contributed by atoms with Crippen LogP contribution in [0.4, 0.5) is 4.79 Å². The van der Waals surface area contributed by atoms with Gasteiger partial charge in [-0.05, 0) is 32.6 Å². The van der Waals surface area contributed by atoms with Crippen LogP contribution in [0.2, 0.25) is 0 Å². The van der Waals surface area contributed by atoms with Crippen LogP contribution in [0.15, 0.2) is 4.99 Å². The number of hydrogen-bond acceptors (Lipinski definition) is 4. The molecule has 0 aromatic heterocycles. The van der Waals surface area contributed by atoms with E-state index in [0.29, 0.717) is 32.2 Å². The van der Waals surface area contributed by atoms with Crippen LogP contribution in [-0.4, -0.2) is 60.9 Å². The van der Waals surface area contributed by atoms with Crippen LogP contribution in [-0.2, 0) is 4.74 Å². The number of piperidine rings is 1. The molecule has 1 saturated heterocycles. The summed E-state index contributed by atoms with van der Waals surface area (Å²) in [5.41, 5.74) is 5.88. The van der Waals surface area contributed by atoms with Gasteiger partial charge in [0, 0.05) is 32.3 Å². The maximum Gasteiger partial charge on any atom is 0.409 e. The molecule has 0 aromatic rings. The summed E-state index contributed by atoms with van der Waals surface area (Å²) in [6.07, 6.45) is 5.42. The molecule has 1 rings (SSSR count). The molecule has 1 fully saturated rings. The average molecular weight is 442 g/mol. The van der Waals surface area contributed by atoms with E-state index in [-0.39, 0.29) is 42.7 Å². The number of nitrogens with zero attached hydrogens (tertiary/aromatic N) is 2. The van der Waals surface area contributed by atoms with E-state index in [4.69, 9.17) is 15.6 Å². The number of amides is 1. The summed E-state index contributed by atoms with van der Waals surface area (Å²) in [5.74, 6) is 0.483. The molecule has 1 heterocycles. The standard InChI is InChI=1S/C15H30N4O3.HI/c1-2-22-15(21)19-10-7-13(8-11-19)18-14(16)17-9-5-3-4-6-12-20;/h13,20H,2-12H2,1H3,(H3,16,17,18);1H. The Morgan fingerprint density at radius 1 is 1.30 bits per heavy atom. The van der Waals surface area contributed by atoms with Crippen molar-refractivity contribution in [3.8, 4) is 0 Å². The van der Waals surface area contributed by atoms with Crippen molar-refractivity contribution >= 4 is 36.0 Å². The number of unbranched alkanes of at least 4 members (excludes halogenated alkanes) is 3. The maximum atomic E-state index is 11.6. The van der Waals surface area contributed by atoms with Crippen LogP contribution in [0.1, 0.15) is 45.4 Å². The number of ether oxygens (including phenoxy) is 1. The van der Waals surface area contributed by atoms with Gasteiger partial charge in [-0.3, -0.25) is 4.99 Å². The van der Waals surface area contributed by atoms with E-state index in [9.17, 15) is 4.79 Å². The Labute approximate surface area is 156 Å². The molecule has 0 spiro atoms. The van der Waals surface area contributed by atoms with E-state index in [0.717, 1.165) is 38.5 Å². The number of aliphatic hydroxyl groups excluding tert-OH is 1. The van der Waals surface area contributed by atoms with E-state index in [2.05, 4.69) is 10.3 Å². The summed E-state index contributed by atoms with van der Waals surface area (Å²) >= 11 is 0. The number of carbonyl (C=O) groups is 1. The molecule has 23 heavy (non-hydrogen) atoms. The van der Waals surface area contributed by atoms with Gasteiger partial charge in [-0.1, -0.05) is 12.8 Å². The van der Waals surface area contributed by atoms with Crippen LogP contribution in [0.5, 0.6) is 0 Å². The average Bonchev–Trinajstić information content (AvgIpc) is 2.51. The van der Waals surface area contributed by atoms with Gasteiger partial charge in [-0.15, -0.1) is 24.0 Å². The van der Waals surface area contributed by atoms with Gasteiger partial charge in [0.2, 0.25) is 0 Å². The molecule has 0 atom stereocenters. The van der Waals surface area contributed by atoms with Crippen molar-refractivity contribution in [3.63, 3.8) is 0 Å². The van der Waals surface area contributed by atoms with E-state index >= 15 is 0 Å². The van der Waals surface area contributed by atoms with Gasteiger partial charge in [-0.25, -0.2) is 4.79 Å². The fraction of sp³-hybridized carbons (Fsp3) is 0.867. The number of rotatable bonds is 8. The Kier molecular flexibility index (Phi) is 13.2. The SMILES string of the molecule is CCOC(=O)N1CCC(NC(N)=NCCCCCCO)CC1.I. The van der Waals surface area contributed by atoms with E-state index in [1.807, 2.05) is 6.92 Å². The molecule has 1 aliphatic rings. The topological polar surface area (TPSA) is 100 Å². The summed E-state index contributed by atoms with van der Waals surface area (Å²) in [6.45, 7) is 4.57. The van der Waals surface area contributed by atoms with Crippen LogP contribution in [0.25, 0.3) is 0 Å². The van der Waals surface area contributed by atoms with Gasteiger partial charge in [0.25, 0.3) is 0 Å². The number of nitrogens with two attached hydrogens (primary N) is 1. The molecule has 4 N–H and O–H groups in total. The van der Waals surface area contributed by atoms with Crippen molar-refractivity contribution in [1.82, 2.24) is 10.2 Å². The number of nitrogens with one attached hydrogen (secondary N) is 1. The van der Waals surface area contributed by atoms with Crippen molar-refractivity contribution in [2.24, 2.45) is 10.7 Å². The van der Waals surface area contributed by atoms with Gasteiger partial charge in [-0.2, -0.15) is 0 Å². The molecule has 7 nitrogen and oxygen atoms in total. The zero-order valence-corrected chi connectivity index (χ0v) is 16.3. The highest BCUT2D eigenvalue weighted by Gasteiger charge is 2.23. The summed E-state index contributed by atoms with van der Waals surface area (Å²) in [6, 6.07) is 0.267. The molecular weight excluding hydrogens is 411 g/mol. The zero-order chi connectivity index (χ0) is 16.2. The Bertz CT molecular complexity index is 348. The second-order valence-corrected chi connectivity index (χ2v) is 5.51. The summed E-state index contributed by atoms with van der Waals surface area (Å²) in [7, 11) is 0.